The van der Waals surface area contributed by atoms with Crippen LogP contribution in [0.5, 0.6) is 5.75 Å². The maximum atomic E-state index is 13.8. The van der Waals surface area contributed by atoms with Gasteiger partial charge in [0.25, 0.3) is 0 Å². The molecule has 2 aromatic carbocycles. The lowest BCUT2D eigenvalue weighted by molar-refractivity contribution is -0.170. The fourth-order valence-corrected chi connectivity index (χ4v) is 5.37. The quantitative estimate of drug-likeness (QED) is 0.303. The van der Waals surface area contributed by atoms with Crippen molar-refractivity contribution in [2.24, 2.45) is 5.41 Å². The number of ether oxygens (including phenoxy) is 1. The van der Waals surface area contributed by atoms with Crippen molar-refractivity contribution in [3.63, 3.8) is 0 Å². The molecule has 2 aromatic rings. The number of aliphatic carboxylic acids is 2. The number of benzene rings is 2. The fraction of sp³-hybridized carbons (Fsp3) is 0.387. The van der Waals surface area contributed by atoms with Gasteiger partial charge in [-0.2, -0.15) is 0 Å². The first-order chi connectivity index (χ1) is 20.1. The van der Waals surface area contributed by atoms with E-state index in [9.17, 15) is 34.2 Å². The number of likely N-dealkylation sites (tertiary alicyclic amines) is 1. The molecule has 2 unspecified atom stereocenters. The highest BCUT2D eigenvalue weighted by molar-refractivity contribution is 6.30. The molecule has 11 nitrogen and oxygen atoms in total. The van der Waals surface area contributed by atoms with Gasteiger partial charge in [-0.05, 0) is 66.3 Å². The number of nitrogens with one attached hydrogen (secondary N) is 1. The Kier molecular flexibility index (Phi) is 8.87. The Labute approximate surface area is 254 Å². The third-order valence-electron chi connectivity index (χ3n) is 7.69. The van der Waals surface area contributed by atoms with E-state index < -0.39 is 40.9 Å². The van der Waals surface area contributed by atoms with Crippen molar-refractivity contribution < 1.29 is 38.9 Å². The average Bonchev–Trinajstić information content (AvgIpc) is 3.59. The number of hydrogen-bond acceptors (Lipinski definition) is 6. The number of hydrogen-bond donors (Lipinski definition) is 3. The van der Waals surface area contributed by atoms with E-state index in [0.717, 1.165) is 0 Å². The van der Waals surface area contributed by atoms with Gasteiger partial charge < -0.3 is 30.1 Å². The van der Waals surface area contributed by atoms with Gasteiger partial charge in [0, 0.05) is 42.4 Å². The number of carboxylic acid groups (broad SMARTS) is 2. The number of halogens is 1. The SMILES string of the molecule is CN(C(=O)C1CCCN1C(=O)C(NC(=O)/C=C/c1ccc2c(c1)CC(C(=O)O)(C(=O)O)O2)C(C)(C)C)c1ccc(Cl)cc1. The Bertz CT molecular complexity index is 1470. The summed E-state index contributed by atoms with van der Waals surface area (Å²) in [6.45, 7) is 5.85. The molecule has 43 heavy (non-hydrogen) atoms. The zero-order valence-electron chi connectivity index (χ0n) is 24.3. The largest absolute Gasteiger partial charge is 0.478 e. The highest BCUT2D eigenvalue weighted by Crippen LogP contribution is 2.36. The van der Waals surface area contributed by atoms with E-state index in [-0.39, 0.29) is 24.0 Å². The summed E-state index contributed by atoms with van der Waals surface area (Å²) in [7, 11) is 1.65. The molecular formula is C31H34ClN3O8. The molecule has 2 aliphatic rings. The van der Waals surface area contributed by atoms with Crippen LogP contribution >= 0.6 is 11.6 Å². The van der Waals surface area contributed by atoms with Crippen molar-refractivity contribution in [1.29, 1.82) is 0 Å². The van der Waals surface area contributed by atoms with E-state index in [1.165, 1.54) is 28.0 Å². The minimum atomic E-state index is -2.40. The Morgan fingerprint density at radius 2 is 1.74 bits per heavy atom. The molecule has 0 aliphatic carbocycles. The van der Waals surface area contributed by atoms with Crippen LogP contribution in [0.25, 0.3) is 6.08 Å². The van der Waals surface area contributed by atoms with E-state index in [0.29, 0.717) is 41.2 Å². The number of likely N-dealkylation sites (N-methyl/N-ethyl adjacent to an activating group) is 1. The van der Waals surface area contributed by atoms with E-state index >= 15 is 0 Å². The first-order valence-corrected chi connectivity index (χ1v) is 14.1. The smallest absolute Gasteiger partial charge is 0.360 e. The second kappa shape index (κ2) is 12.1. The van der Waals surface area contributed by atoms with Crippen LogP contribution in [-0.2, 0) is 30.4 Å². The third-order valence-corrected chi connectivity index (χ3v) is 7.94. The van der Waals surface area contributed by atoms with Gasteiger partial charge in [-0.1, -0.05) is 38.4 Å². The second-order valence-corrected chi connectivity index (χ2v) is 12.2. The van der Waals surface area contributed by atoms with Gasteiger partial charge in [-0.15, -0.1) is 0 Å². The van der Waals surface area contributed by atoms with Crippen LogP contribution in [0.4, 0.5) is 5.69 Å². The van der Waals surface area contributed by atoms with Gasteiger partial charge in [0.1, 0.15) is 17.8 Å². The zero-order valence-corrected chi connectivity index (χ0v) is 25.1. The molecule has 3 N–H and O–H groups in total. The molecule has 2 atom stereocenters. The van der Waals surface area contributed by atoms with Gasteiger partial charge in [0.05, 0.1) is 0 Å². The van der Waals surface area contributed by atoms with Crippen LogP contribution in [0.2, 0.25) is 5.02 Å². The summed E-state index contributed by atoms with van der Waals surface area (Å²) < 4.78 is 5.26. The molecule has 3 amide bonds. The standard InChI is InChI=1S/C31H34ClN3O8/c1-30(2,3)25(27(38)35-15-5-6-22(35)26(37)34(4)21-11-9-20(32)10-12-21)33-24(36)14-8-18-7-13-23-19(16-18)17-31(43-23,28(39)40)29(41)42/h7-14,16,22,25H,5-6,15,17H2,1-4H3,(H,33,36)(H,39,40)(H,41,42)/b14-8+. The zero-order chi connectivity index (χ0) is 31.7. The van der Waals surface area contributed by atoms with Gasteiger partial charge in [-0.25, -0.2) is 9.59 Å². The number of carbonyl (C=O) groups is 5. The number of anilines is 1. The highest BCUT2D eigenvalue weighted by atomic mass is 35.5. The average molecular weight is 612 g/mol. The summed E-state index contributed by atoms with van der Waals surface area (Å²) in [5, 5.41) is 22.2. The fourth-order valence-electron chi connectivity index (χ4n) is 5.24. The van der Waals surface area contributed by atoms with Crippen LogP contribution in [0.1, 0.15) is 44.7 Å². The van der Waals surface area contributed by atoms with Crippen molar-refractivity contribution in [3.8, 4) is 5.75 Å². The Morgan fingerprint density at radius 1 is 1.09 bits per heavy atom. The lowest BCUT2D eigenvalue weighted by atomic mass is 9.85. The summed E-state index contributed by atoms with van der Waals surface area (Å²) in [5.41, 5.74) is -1.54. The van der Waals surface area contributed by atoms with E-state index in [2.05, 4.69) is 5.32 Å². The third kappa shape index (κ3) is 6.51. The monoisotopic (exact) mass is 611 g/mol. The lowest BCUT2D eigenvalue weighted by Crippen LogP contribution is -2.57. The topological polar surface area (TPSA) is 154 Å². The number of nitrogens with zero attached hydrogens (tertiary/aromatic N) is 2. The molecule has 1 fully saturated rings. The summed E-state index contributed by atoms with van der Waals surface area (Å²) in [5.74, 6) is -4.21. The first-order valence-electron chi connectivity index (χ1n) is 13.7. The molecular weight excluding hydrogens is 578 g/mol. The summed E-state index contributed by atoms with van der Waals surface area (Å²) in [6.07, 6.45) is 3.50. The molecule has 0 bridgehead atoms. The predicted molar refractivity (Wildman–Crippen MR) is 159 cm³/mol. The predicted octanol–water partition coefficient (Wildman–Crippen LogP) is 3.38. The van der Waals surface area contributed by atoms with Crippen molar-refractivity contribution in [2.45, 2.75) is 57.7 Å². The summed E-state index contributed by atoms with van der Waals surface area (Å²) in [6, 6.07) is 9.79. The van der Waals surface area contributed by atoms with Gasteiger partial charge in [0.15, 0.2) is 0 Å². The lowest BCUT2D eigenvalue weighted by Gasteiger charge is -2.36. The van der Waals surface area contributed by atoms with Crippen molar-refractivity contribution >= 4 is 53.0 Å². The summed E-state index contributed by atoms with van der Waals surface area (Å²) >= 11 is 5.98. The van der Waals surface area contributed by atoms with E-state index in [4.69, 9.17) is 16.3 Å². The van der Waals surface area contributed by atoms with E-state index in [1.807, 2.05) is 20.8 Å². The molecule has 2 heterocycles. The number of carbonyl (C=O) groups excluding carboxylic acids is 3. The first kappa shape index (κ1) is 31.6. The molecule has 0 radical (unpaired) electrons. The van der Waals surface area contributed by atoms with Crippen molar-refractivity contribution in [2.75, 3.05) is 18.5 Å². The highest BCUT2D eigenvalue weighted by Gasteiger charge is 2.54. The Hall–Kier alpha value is -4.38. The molecule has 12 heteroatoms. The molecule has 4 rings (SSSR count). The van der Waals surface area contributed by atoms with Gasteiger partial charge >= 0.3 is 17.5 Å². The van der Waals surface area contributed by atoms with Crippen LogP contribution in [0.3, 0.4) is 0 Å². The molecule has 228 valence electrons. The normalized spacial score (nSPS) is 18.1. The molecule has 0 spiro atoms. The maximum Gasteiger partial charge on any atom is 0.360 e. The van der Waals surface area contributed by atoms with Crippen LogP contribution < -0.4 is 15.0 Å². The number of amides is 3. The molecule has 0 saturated carbocycles. The minimum absolute atomic E-state index is 0.140. The number of rotatable bonds is 8. The van der Waals surface area contributed by atoms with Gasteiger partial charge in [-0.3, -0.25) is 14.4 Å². The van der Waals surface area contributed by atoms with Crippen LogP contribution in [0.15, 0.2) is 48.5 Å². The van der Waals surface area contributed by atoms with Crippen molar-refractivity contribution in [3.05, 3.63) is 64.7 Å². The summed E-state index contributed by atoms with van der Waals surface area (Å²) in [4.78, 5) is 66.5. The number of carboxylic acids is 2. The molecule has 1 saturated heterocycles. The molecule has 0 aromatic heterocycles. The minimum Gasteiger partial charge on any atom is -0.478 e. The van der Waals surface area contributed by atoms with E-state index in [1.54, 1.807) is 43.4 Å². The van der Waals surface area contributed by atoms with Gasteiger partial charge in [0.2, 0.25) is 17.7 Å². The Balaban J connectivity index is 1.47. The molecule has 2 aliphatic heterocycles. The number of fused-ring (bicyclic) bond motifs is 1. The van der Waals surface area contributed by atoms with Crippen LogP contribution in [-0.4, -0.2) is 76.1 Å². The maximum absolute atomic E-state index is 13.8. The second-order valence-electron chi connectivity index (χ2n) is 11.8. The Morgan fingerprint density at radius 3 is 2.35 bits per heavy atom. The van der Waals surface area contributed by atoms with Crippen molar-refractivity contribution in [1.82, 2.24) is 10.2 Å². The van der Waals surface area contributed by atoms with Crippen LogP contribution in [0, 0.1) is 5.41 Å².